The van der Waals surface area contributed by atoms with Gasteiger partial charge in [0, 0.05) is 30.3 Å². The van der Waals surface area contributed by atoms with E-state index in [0.29, 0.717) is 24.6 Å². The zero-order chi connectivity index (χ0) is 16.4. The smallest absolute Gasteiger partial charge is 0.282 e. The average Bonchev–Trinajstić information content (AvgIpc) is 3.04. The van der Waals surface area contributed by atoms with Gasteiger partial charge in [-0.1, -0.05) is 11.8 Å². The standard InChI is InChI=1S/C16H20N2O4S/c1-3-21-14-7-11-6-10(2)22-13(11)8-12(14)17-15(19)9-18-4-5-23-16(18)20/h7-8,10H,3-6,9H2,1-2H3,(H,17,19). The summed E-state index contributed by atoms with van der Waals surface area (Å²) in [4.78, 5) is 25.4. The van der Waals surface area contributed by atoms with Crippen LogP contribution in [0.15, 0.2) is 12.1 Å². The van der Waals surface area contributed by atoms with E-state index >= 15 is 0 Å². The van der Waals surface area contributed by atoms with Crippen LogP contribution in [0.3, 0.4) is 0 Å². The maximum atomic E-state index is 12.2. The fraction of sp³-hybridized carbons (Fsp3) is 0.500. The molecule has 23 heavy (non-hydrogen) atoms. The first-order valence-corrected chi connectivity index (χ1v) is 8.73. The molecule has 0 bridgehead atoms. The number of rotatable bonds is 5. The third-order valence-electron chi connectivity index (χ3n) is 3.75. The first-order valence-electron chi connectivity index (χ1n) is 7.74. The molecule has 2 heterocycles. The van der Waals surface area contributed by atoms with Gasteiger partial charge < -0.3 is 19.7 Å². The zero-order valence-electron chi connectivity index (χ0n) is 13.3. The lowest BCUT2D eigenvalue weighted by Crippen LogP contribution is -2.33. The van der Waals surface area contributed by atoms with E-state index in [0.717, 1.165) is 23.5 Å². The highest BCUT2D eigenvalue weighted by molar-refractivity contribution is 8.13. The number of anilines is 1. The third kappa shape index (κ3) is 3.55. The topological polar surface area (TPSA) is 67.9 Å². The van der Waals surface area contributed by atoms with Crippen molar-refractivity contribution in [2.24, 2.45) is 0 Å². The van der Waals surface area contributed by atoms with Crippen LogP contribution in [0, 0.1) is 0 Å². The number of thioether (sulfide) groups is 1. The number of amides is 2. The number of benzene rings is 1. The minimum absolute atomic E-state index is 0.0451. The molecule has 124 valence electrons. The number of nitrogens with zero attached hydrogens (tertiary/aromatic N) is 1. The highest BCUT2D eigenvalue weighted by Crippen LogP contribution is 2.38. The molecule has 1 aromatic carbocycles. The summed E-state index contributed by atoms with van der Waals surface area (Å²) in [6.45, 7) is 5.10. The molecular weight excluding hydrogens is 316 g/mol. The molecule has 0 aliphatic carbocycles. The Labute approximate surface area is 139 Å². The minimum Gasteiger partial charge on any atom is -0.492 e. The molecule has 2 aliphatic rings. The van der Waals surface area contributed by atoms with Gasteiger partial charge in [-0.25, -0.2) is 0 Å². The lowest BCUT2D eigenvalue weighted by Gasteiger charge is -2.16. The number of carbonyl (C=O) groups excluding carboxylic acids is 2. The first-order chi connectivity index (χ1) is 11.1. The van der Waals surface area contributed by atoms with Crippen LogP contribution in [0.2, 0.25) is 0 Å². The predicted octanol–water partition coefficient (Wildman–Crippen LogP) is 2.52. The number of hydrogen-bond acceptors (Lipinski definition) is 5. The van der Waals surface area contributed by atoms with Gasteiger partial charge in [-0.2, -0.15) is 0 Å². The molecule has 0 aromatic heterocycles. The van der Waals surface area contributed by atoms with Gasteiger partial charge in [0.15, 0.2) is 0 Å². The first kappa shape index (κ1) is 16.0. The summed E-state index contributed by atoms with van der Waals surface area (Å²) in [5, 5.41) is 2.80. The number of hydrogen-bond donors (Lipinski definition) is 1. The molecule has 3 rings (SSSR count). The fourth-order valence-electron chi connectivity index (χ4n) is 2.74. The maximum absolute atomic E-state index is 12.2. The van der Waals surface area contributed by atoms with Crippen LogP contribution in [-0.4, -0.2) is 47.6 Å². The van der Waals surface area contributed by atoms with Gasteiger partial charge in [0.2, 0.25) is 5.91 Å². The third-order valence-corrected chi connectivity index (χ3v) is 4.64. The number of ether oxygens (including phenoxy) is 2. The van der Waals surface area contributed by atoms with E-state index in [9.17, 15) is 9.59 Å². The highest BCUT2D eigenvalue weighted by atomic mass is 32.2. The summed E-state index contributed by atoms with van der Waals surface area (Å²) in [7, 11) is 0. The molecule has 0 radical (unpaired) electrons. The van der Waals surface area contributed by atoms with Crippen LogP contribution in [-0.2, 0) is 11.2 Å². The molecule has 0 spiro atoms. The fourth-order valence-corrected chi connectivity index (χ4v) is 3.57. The molecule has 7 heteroatoms. The summed E-state index contributed by atoms with van der Waals surface area (Å²) in [6.07, 6.45) is 0.966. The normalized spacial score (nSPS) is 19.5. The van der Waals surface area contributed by atoms with Crippen molar-refractivity contribution >= 4 is 28.6 Å². The Hall–Kier alpha value is -1.89. The Morgan fingerprint density at radius 1 is 1.52 bits per heavy atom. The van der Waals surface area contributed by atoms with Gasteiger partial charge >= 0.3 is 0 Å². The Kier molecular flexibility index (Phi) is 4.66. The van der Waals surface area contributed by atoms with E-state index in [1.165, 1.54) is 11.8 Å². The van der Waals surface area contributed by atoms with E-state index < -0.39 is 0 Å². The predicted molar refractivity (Wildman–Crippen MR) is 89.5 cm³/mol. The average molecular weight is 336 g/mol. The van der Waals surface area contributed by atoms with Crippen molar-refractivity contribution in [3.05, 3.63) is 17.7 Å². The molecule has 1 unspecified atom stereocenters. The summed E-state index contributed by atoms with van der Waals surface area (Å²) in [6, 6.07) is 3.73. The second kappa shape index (κ2) is 6.70. The van der Waals surface area contributed by atoms with Crippen LogP contribution in [0.25, 0.3) is 0 Å². The van der Waals surface area contributed by atoms with Crippen LogP contribution < -0.4 is 14.8 Å². The van der Waals surface area contributed by atoms with E-state index in [4.69, 9.17) is 9.47 Å². The van der Waals surface area contributed by atoms with Crippen molar-refractivity contribution < 1.29 is 19.1 Å². The largest absolute Gasteiger partial charge is 0.492 e. The van der Waals surface area contributed by atoms with Gasteiger partial charge in [-0.15, -0.1) is 0 Å². The van der Waals surface area contributed by atoms with E-state index in [1.54, 1.807) is 4.90 Å². The molecule has 1 fully saturated rings. The lowest BCUT2D eigenvalue weighted by molar-refractivity contribution is -0.116. The Morgan fingerprint density at radius 2 is 2.35 bits per heavy atom. The second-order valence-electron chi connectivity index (χ2n) is 5.61. The molecule has 1 aromatic rings. The second-order valence-corrected chi connectivity index (χ2v) is 6.65. The van der Waals surface area contributed by atoms with Crippen molar-refractivity contribution in [3.63, 3.8) is 0 Å². The van der Waals surface area contributed by atoms with E-state index in [1.807, 2.05) is 26.0 Å². The van der Waals surface area contributed by atoms with Gasteiger partial charge in [0.05, 0.1) is 12.3 Å². The lowest BCUT2D eigenvalue weighted by atomic mass is 10.1. The summed E-state index contributed by atoms with van der Waals surface area (Å²) < 4.78 is 11.4. The minimum atomic E-state index is -0.229. The molecule has 1 saturated heterocycles. The Balaban J connectivity index is 1.74. The van der Waals surface area contributed by atoms with Crippen LogP contribution in [0.4, 0.5) is 10.5 Å². The van der Waals surface area contributed by atoms with Gasteiger partial charge in [-0.05, 0) is 19.9 Å². The molecule has 1 atom stereocenters. The summed E-state index contributed by atoms with van der Waals surface area (Å²) in [5.74, 6) is 1.93. The van der Waals surface area contributed by atoms with Gasteiger partial charge in [0.25, 0.3) is 5.24 Å². The molecular formula is C16H20N2O4S. The molecule has 0 saturated carbocycles. The summed E-state index contributed by atoms with van der Waals surface area (Å²) in [5.41, 5.74) is 1.68. The van der Waals surface area contributed by atoms with Crippen LogP contribution in [0.1, 0.15) is 19.4 Å². The van der Waals surface area contributed by atoms with E-state index in [-0.39, 0.29) is 23.8 Å². The van der Waals surface area contributed by atoms with Crippen molar-refractivity contribution in [3.8, 4) is 11.5 Å². The molecule has 1 N–H and O–H groups in total. The van der Waals surface area contributed by atoms with Crippen molar-refractivity contribution in [2.45, 2.75) is 26.4 Å². The molecule has 2 aliphatic heterocycles. The van der Waals surface area contributed by atoms with Crippen LogP contribution in [0.5, 0.6) is 11.5 Å². The SMILES string of the molecule is CCOc1cc2c(cc1NC(=O)CN1CCSC1=O)OC(C)C2. The van der Waals surface area contributed by atoms with Crippen molar-refractivity contribution in [1.29, 1.82) is 0 Å². The Bertz CT molecular complexity index is 635. The quantitative estimate of drug-likeness (QED) is 0.895. The van der Waals surface area contributed by atoms with Gasteiger partial charge in [0.1, 0.15) is 24.1 Å². The highest BCUT2D eigenvalue weighted by Gasteiger charge is 2.25. The monoisotopic (exact) mass is 336 g/mol. The number of nitrogens with one attached hydrogen (secondary N) is 1. The van der Waals surface area contributed by atoms with E-state index in [2.05, 4.69) is 5.32 Å². The molecule has 2 amide bonds. The summed E-state index contributed by atoms with van der Waals surface area (Å²) >= 11 is 1.24. The Morgan fingerprint density at radius 3 is 3.04 bits per heavy atom. The maximum Gasteiger partial charge on any atom is 0.282 e. The molecule has 6 nitrogen and oxygen atoms in total. The van der Waals surface area contributed by atoms with Crippen molar-refractivity contribution in [2.75, 3.05) is 30.8 Å². The van der Waals surface area contributed by atoms with Gasteiger partial charge in [-0.3, -0.25) is 9.59 Å². The van der Waals surface area contributed by atoms with Crippen molar-refractivity contribution in [1.82, 2.24) is 4.90 Å². The number of fused-ring (bicyclic) bond motifs is 1. The number of carbonyl (C=O) groups is 2. The van der Waals surface area contributed by atoms with Crippen LogP contribution >= 0.6 is 11.8 Å². The zero-order valence-corrected chi connectivity index (χ0v) is 14.1.